The normalized spacial score (nSPS) is 17.8. The highest BCUT2D eigenvalue weighted by Crippen LogP contribution is 2.40. The SMILES string of the molecule is CN1CCC(=C2c3cc(CC(=O)O)ccc3CCc3sccc32)CC1. The average Bonchev–Trinajstić information content (AvgIpc) is 2.98. The zero-order valence-electron chi connectivity index (χ0n) is 14.5. The van der Waals surface area contributed by atoms with Crippen molar-refractivity contribution in [2.45, 2.75) is 32.1 Å². The van der Waals surface area contributed by atoms with E-state index in [0.29, 0.717) is 0 Å². The maximum atomic E-state index is 11.2. The van der Waals surface area contributed by atoms with Gasteiger partial charge in [0.05, 0.1) is 6.42 Å². The molecule has 4 rings (SSSR count). The van der Waals surface area contributed by atoms with E-state index in [0.717, 1.165) is 44.3 Å². The van der Waals surface area contributed by atoms with Gasteiger partial charge in [-0.15, -0.1) is 11.3 Å². The lowest BCUT2D eigenvalue weighted by molar-refractivity contribution is -0.136. The number of aryl methyl sites for hydroxylation is 2. The second kappa shape index (κ2) is 6.77. The second-order valence-corrected chi connectivity index (χ2v) is 8.10. The predicted molar refractivity (Wildman–Crippen MR) is 102 cm³/mol. The number of rotatable bonds is 2. The molecule has 0 unspecified atom stereocenters. The Kier molecular flexibility index (Phi) is 4.48. The number of hydrogen-bond acceptors (Lipinski definition) is 3. The number of hydrogen-bond donors (Lipinski definition) is 1. The molecule has 0 bridgehead atoms. The zero-order valence-corrected chi connectivity index (χ0v) is 15.4. The van der Waals surface area contributed by atoms with Crippen molar-refractivity contribution in [1.29, 1.82) is 0 Å². The van der Waals surface area contributed by atoms with Gasteiger partial charge >= 0.3 is 5.97 Å². The summed E-state index contributed by atoms with van der Waals surface area (Å²) in [5.41, 5.74) is 7.85. The van der Waals surface area contributed by atoms with Crippen LogP contribution >= 0.6 is 11.3 Å². The van der Waals surface area contributed by atoms with Gasteiger partial charge in [0, 0.05) is 18.0 Å². The Balaban J connectivity index is 1.88. The molecule has 3 nitrogen and oxygen atoms in total. The second-order valence-electron chi connectivity index (χ2n) is 7.10. The predicted octanol–water partition coefficient (Wildman–Crippen LogP) is 4.00. The van der Waals surface area contributed by atoms with E-state index in [1.54, 1.807) is 0 Å². The van der Waals surface area contributed by atoms with E-state index in [-0.39, 0.29) is 6.42 Å². The Labute approximate surface area is 152 Å². The molecule has 1 saturated heterocycles. The molecule has 0 amide bonds. The number of thiophene rings is 1. The lowest BCUT2D eigenvalue weighted by Gasteiger charge is -2.27. The first kappa shape index (κ1) is 16.6. The topological polar surface area (TPSA) is 40.5 Å². The Morgan fingerprint density at radius 3 is 2.68 bits per heavy atom. The Hall–Kier alpha value is -1.91. The molecule has 1 aromatic carbocycles. The van der Waals surface area contributed by atoms with Crippen molar-refractivity contribution in [3.63, 3.8) is 0 Å². The summed E-state index contributed by atoms with van der Waals surface area (Å²) in [7, 11) is 2.18. The molecule has 2 heterocycles. The quantitative estimate of drug-likeness (QED) is 0.887. The minimum absolute atomic E-state index is 0.0924. The third-order valence-electron chi connectivity index (χ3n) is 5.38. The van der Waals surface area contributed by atoms with Crippen molar-refractivity contribution in [1.82, 2.24) is 4.90 Å². The van der Waals surface area contributed by atoms with E-state index < -0.39 is 5.97 Å². The van der Waals surface area contributed by atoms with Crippen molar-refractivity contribution in [2.24, 2.45) is 0 Å². The number of benzene rings is 1. The minimum Gasteiger partial charge on any atom is -0.481 e. The van der Waals surface area contributed by atoms with Crippen LogP contribution in [0.5, 0.6) is 0 Å². The number of carbonyl (C=O) groups is 1. The molecule has 4 heteroatoms. The highest BCUT2D eigenvalue weighted by atomic mass is 32.1. The summed E-state index contributed by atoms with van der Waals surface area (Å²) in [5.74, 6) is -0.765. The first-order valence-corrected chi connectivity index (χ1v) is 9.81. The Morgan fingerprint density at radius 2 is 1.92 bits per heavy atom. The first-order valence-electron chi connectivity index (χ1n) is 8.93. The van der Waals surface area contributed by atoms with Crippen LogP contribution in [0.4, 0.5) is 0 Å². The first-order chi connectivity index (χ1) is 12.1. The van der Waals surface area contributed by atoms with Crippen molar-refractivity contribution in [2.75, 3.05) is 20.1 Å². The largest absolute Gasteiger partial charge is 0.481 e. The lowest BCUT2D eigenvalue weighted by atomic mass is 9.86. The summed E-state index contributed by atoms with van der Waals surface area (Å²) >= 11 is 1.85. The van der Waals surface area contributed by atoms with Crippen LogP contribution in [0.1, 0.15) is 40.0 Å². The van der Waals surface area contributed by atoms with Crippen LogP contribution in [-0.2, 0) is 24.1 Å². The van der Waals surface area contributed by atoms with E-state index in [2.05, 4.69) is 35.5 Å². The molecular formula is C21H23NO2S. The molecule has 1 fully saturated rings. The van der Waals surface area contributed by atoms with Gasteiger partial charge in [-0.05, 0) is 72.0 Å². The fourth-order valence-electron chi connectivity index (χ4n) is 4.03. The minimum atomic E-state index is -0.765. The van der Waals surface area contributed by atoms with Gasteiger partial charge in [0.25, 0.3) is 0 Å². The summed E-state index contributed by atoms with van der Waals surface area (Å²) in [6.07, 6.45) is 4.41. The summed E-state index contributed by atoms with van der Waals surface area (Å²) in [4.78, 5) is 15.0. The maximum absolute atomic E-state index is 11.2. The van der Waals surface area contributed by atoms with E-state index in [1.165, 1.54) is 32.7 Å². The number of likely N-dealkylation sites (tertiary alicyclic amines) is 1. The van der Waals surface area contributed by atoms with Crippen molar-refractivity contribution in [3.05, 3.63) is 62.3 Å². The van der Waals surface area contributed by atoms with E-state index in [4.69, 9.17) is 0 Å². The van der Waals surface area contributed by atoms with Gasteiger partial charge in [-0.3, -0.25) is 4.79 Å². The number of aliphatic carboxylic acids is 1. The van der Waals surface area contributed by atoms with Gasteiger partial charge in [-0.2, -0.15) is 0 Å². The molecule has 1 aromatic heterocycles. The summed E-state index contributed by atoms with van der Waals surface area (Å²) in [5, 5.41) is 11.4. The smallest absolute Gasteiger partial charge is 0.307 e. The molecule has 1 aliphatic carbocycles. The molecule has 25 heavy (non-hydrogen) atoms. The number of carboxylic acid groups (broad SMARTS) is 1. The van der Waals surface area contributed by atoms with Crippen molar-refractivity contribution >= 4 is 22.9 Å². The van der Waals surface area contributed by atoms with Crippen LogP contribution in [0.2, 0.25) is 0 Å². The van der Waals surface area contributed by atoms with Crippen LogP contribution in [0.25, 0.3) is 5.57 Å². The van der Waals surface area contributed by atoms with Gasteiger partial charge in [-0.1, -0.05) is 23.8 Å². The van der Waals surface area contributed by atoms with Gasteiger partial charge < -0.3 is 10.0 Å². The van der Waals surface area contributed by atoms with Gasteiger partial charge in [0.1, 0.15) is 0 Å². The van der Waals surface area contributed by atoms with Gasteiger partial charge in [0.2, 0.25) is 0 Å². The molecule has 0 radical (unpaired) electrons. The molecule has 1 aliphatic heterocycles. The molecule has 130 valence electrons. The van der Waals surface area contributed by atoms with Crippen molar-refractivity contribution in [3.8, 4) is 0 Å². The fraction of sp³-hybridized carbons (Fsp3) is 0.381. The number of nitrogens with zero attached hydrogens (tertiary/aromatic N) is 1. The summed E-state index contributed by atoms with van der Waals surface area (Å²) < 4.78 is 0. The molecule has 0 spiro atoms. The van der Waals surface area contributed by atoms with Crippen LogP contribution in [0.3, 0.4) is 0 Å². The molecule has 2 aromatic rings. The highest BCUT2D eigenvalue weighted by molar-refractivity contribution is 7.10. The van der Waals surface area contributed by atoms with Gasteiger partial charge in [-0.25, -0.2) is 0 Å². The number of piperidine rings is 1. The van der Waals surface area contributed by atoms with Crippen LogP contribution in [-0.4, -0.2) is 36.1 Å². The van der Waals surface area contributed by atoms with Gasteiger partial charge in [0.15, 0.2) is 0 Å². The Morgan fingerprint density at radius 1 is 1.12 bits per heavy atom. The van der Waals surface area contributed by atoms with E-state index in [9.17, 15) is 9.90 Å². The number of carboxylic acids is 1. The number of fused-ring (bicyclic) bond motifs is 2. The summed E-state index contributed by atoms with van der Waals surface area (Å²) in [6, 6.07) is 8.54. The molecule has 0 saturated carbocycles. The zero-order chi connectivity index (χ0) is 17.4. The monoisotopic (exact) mass is 353 g/mol. The average molecular weight is 353 g/mol. The van der Waals surface area contributed by atoms with E-state index in [1.807, 2.05) is 17.4 Å². The molecule has 2 aliphatic rings. The highest BCUT2D eigenvalue weighted by Gasteiger charge is 2.24. The standard InChI is InChI=1S/C21H23NO2S/c1-22-9-6-16(7-10-22)21-17-8-11-25-19(17)5-4-15-3-2-14(12-18(15)21)13-20(23)24/h2-3,8,11-12H,4-7,9-10,13H2,1H3,(H,23,24). The van der Waals surface area contributed by atoms with Crippen LogP contribution < -0.4 is 0 Å². The maximum Gasteiger partial charge on any atom is 0.307 e. The third kappa shape index (κ3) is 3.29. The third-order valence-corrected chi connectivity index (χ3v) is 6.36. The lowest BCUT2D eigenvalue weighted by Crippen LogP contribution is -2.27. The van der Waals surface area contributed by atoms with Crippen molar-refractivity contribution < 1.29 is 9.90 Å². The fourth-order valence-corrected chi connectivity index (χ4v) is 4.91. The van der Waals surface area contributed by atoms with Crippen LogP contribution in [0.15, 0.2) is 35.2 Å². The van der Waals surface area contributed by atoms with E-state index >= 15 is 0 Å². The summed E-state index contributed by atoms with van der Waals surface area (Å²) in [6.45, 7) is 2.20. The molecular weight excluding hydrogens is 330 g/mol. The van der Waals surface area contributed by atoms with Crippen LogP contribution in [0, 0.1) is 0 Å². The molecule has 1 N–H and O–H groups in total. The Bertz CT molecular complexity index is 839. The molecule has 0 atom stereocenters.